The lowest BCUT2D eigenvalue weighted by Gasteiger charge is -2.32. The summed E-state index contributed by atoms with van der Waals surface area (Å²) in [6.45, 7) is 8.31. The van der Waals surface area contributed by atoms with Crippen LogP contribution in [0.5, 0.6) is 0 Å². The fourth-order valence-corrected chi connectivity index (χ4v) is 2.25. The summed E-state index contributed by atoms with van der Waals surface area (Å²) >= 11 is 0. The summed E-state index contributed by atoms with van der Waals surface area (Å²) in [6, 6.07) is -0.258. The van der Waals surface area contributed by atoms with Gasteiger partial charge in [-0.2, -0.15) is 0 Å². The predicted octanol–water partition coefficient (Wildman–Crippen LogP) is 2.36. The zero-order valence-corrected chi connectivity index (χ0v) is 10.1. The Morgan fingerprint density at radius 3 is 2.53 bits per heavy atom. The highest BCUT2D eigenvalue weighted by atomic mass is 16.4. The molecule has 1 heterocycles. The molecule has 0 amide bonds. The Balaban J connectivity index is 2.66. The minimum atomic E-state index is -0.652. The molecule has 1 aliphatic rings. The minimum Gasteiger partial charge on any atom is -0.480 e. The van der Waals surface area contributed by atoms with Crippen molar-refractivity contribution in [2.24, 2.45) is 5.41 Å². The number of nitrogens with zero attached hydrogens (tertiary/aromatic N) is 1. The molecule has 0 radical (unpaired) electrons. The molecule has 1 unspecified atom stereocenters. The van der Waals surface area contributed by atoms with Crippen molar-refractivity contribution in [1.29, 1.82) is 0 Å². The smallest absolute Gasteiger partial charge is 0.320 e. The van der Waals surface area contributed by atoms with E-state index in [-0.39, 0.29) is 11.5 Å². The second kappa shape index (κ2) is 4.97. The van der Waals surface area contributed by atoms with E-state index >= 15 is 0 Å². The number of rotatable bonds is 2. The Morgan fingerprint density at radius 1 is 1.33 bits per heavy atom. The minimum absolute atomic E-state index is 0.179. The monoisotopic (exact) mass is 213 g/mol. The van der Waals surface area contributed by atoms with Gasteiger partial charge in [-0.15, -0.1) is 0 Å². The number of likely N-dealkylation sites (tertiary alicyclic amines) is 1. The first-order valence-corrected chi connectivity index (χ1v) is 5.87. The largest absolute Gasteiger partial charge is 0.480 e. The Labute approximate surface area is 92.5 Å². The van der Waals surface area contributed by atoms with Crippen LogP contribution in [-0.4, -0.2) is 35.1 Å². The summed E-state index contributed by atoms with van der Waals surface area (Å²) < 4.78 is 0. The van der Waals surface area contributed by atoms with Crippen LogP contribution < -0.4 is 0 Å². The van der Waals surface area contributed by atoms with Gasteiger partial charge in [0, 0.05) is 6.54 Å². The fourth-order valence-electron chi connectivity index (χ4n) is 2.25. The molecule has 1 N–H and O–H groups in total. The van der Waals surface area contributed by atoms with Crippen molar-refractivity contribution in [3.05, 3.63) is 0 Å². The average molecular weight is 213 g/mol. The highest BCUT2D eigenvalue weighted by Crippen LogP contribution is 2.22. The van der Waals surface area contributed by atoms with Gasteiger partial charge in [0.25, 0.3) is 0 Å². The molecule has 1 saturated heterocycles. The zero-order chi connectivity index (χ0) is 11.5. The summed E-state index contributed by atoms with van der Waals surface area (Å²) in [4.78, 5) is 13.3. The van der Waals surface area contributed by atoms with Gasteiger partial charge in [0.15, 0.2) is 0 Å². The number of carboxylic acid groups (broad SMARTS) is 1. The summed E-state index contributed by atoms with van der Waals surface area (Å²) in [7, 11) is 0. The third kappa shape index (κ3) is 4.20. The Hall–Kier alpha value is -0.570. The first-order valence-electron chi connectivity index (χ1n) is 5.87. The molecule has 3 nitrogen and oxygen atoms in total. The van der Waals surface area contributed by atoms with E-state index in [9.17, 15) is 9.90 Å². The Kier molecular flexibility index (Phi) is 4.14. The first kappa shape index (κ1) is 12.5. The van der Waals surface area contributed by atoms with Crippen molar-refractivity contribution < 1.29 is 9.90 Å². The molecule has 15 heavy (non-hydrogen) atoms. The summed E-state index contributed by atoms with van der Waals surface area (Å²) in [5, 5.41) is 9.19. The van der Waals surface area contributed by atoms with Gasteiger partial charge in [0.2, 0.25) is 0 Å². The number of hydrogen-bond donors (Lipinski definition) is 1. The molecule has 1 aliphatic heterocycles. The molecule has 88 valence electrons. The van der Waals surface area contributed by atoms with Crippen LogP contribution in [0.4, 0.5) is 0 Å². The first-order chi connectivity index (χ1) is 6.90. The molecule has 1 atom stereocenters. The van der Waals surface area contributed by atoms with Crippen LogP contribution in [-0.2, 0) is 4.79 Å². The van der Waals surface area contributed by atoms with Crippen molar-refractivity contribution in [3.63, 3.8) is 0 Å². The predicted molar refractivity (Wildman–Crippen MR) is 60.9 cm³/mol. The molecule has 0 aliphatic carbocycles. The van der Waals surface area contributed by atoms with Gasteiger partial charge >= 0.3 is 5.97 Å². The normalized spacial score (nSPS) is 24.9. The Morgan fingerprint density at radius 2 is 2.00 bits per heavy atom. The molecule has 0 aromatic rings. The molecule has 0 bridgehead atoms. The maximum absolute atomic E-state index is 11.2. The second-order valence-corrected chi connectivity index (χ2v) is 5.73. The number of aliphatic carboxylic acids is 1. The SMILES string of the molecule is CC(C)(C)CN1CCCCCC1C(=O)O. The molecule has 3 heteroatoms. The third-order valence-electron chi connectivity index (χ3n) is 2.83. The van der Waals surface area contributed by atoms with Crippen LogP contribution in [0, 0.1) is 5.41 Å². The van der Waals surface area contributed by atoms with Crippen molar-refractivity contribution in [2.45, 2.75) is 52.5 Å². The second-order valence-electron chi connectivity index (χ2n) is 5.73. The molecule has 0 aromatic carbocycles. The number of hydrogen-bond acceptors (Lipinski definition) is 2. The van der Waals surface area contributed by atoms with E-state index < -0.39 is 5.97 Å². The lowest BCUT2D eigenvalue weighted by molar-refractivity contribution is -0.143. The number of carbonyl (C=O) groups is 1. The zero-order valence-electron chi connectivity index (χ0n) is 10.1. The quantitative estimate of drug-likeness (QED) is 0.765. The van der Waals surface area contributed by atoms with Gasteiger partial charge < -0.3 is 5.11 Å². The molecular formula is C12H23NO2. The van der Waals surface area contributed by atoms with E-state index in [1.165, 1.54) is 6.42 Å². The van der Waals surface area contributed by atoms with E-state index in [2.05, 4.69) is 25.7 Å². The van der Waals surface area contributed by atoms with Crippen LogP contribution >= 0.6 is 0 Å². The molecule has 0 aromatic heterocycles. The van der Waals surface area contributed by atoms with Crippen LogP contribution in [0.2, 0.25) is 0 Å². The molecule has 1 rings (SSSR count). The Bertz CT molecular complexity index is 220. The van der Waals surface area contributed by atoms with Gasteiger partial charge in [-0.25, -0.2) is 0 Å². The number of carboxylic acids is 1. The van der Waals surface area contributed by atoms with Gasteiger partial charge in [-0.1, -0.05) is 33.6 Å². The van der Waals surface area contributed by atoms with Crippen molar-refractivity contribution in [1.82, 2.24) is 4.90 Å². The average Bonchev–Trinajstić information content (AvgIpc) is 2.26. The molecular weight excluding hydrogens is 190 g/mol. The maximum atomic E-state index is 11.2. The van der Waals surface area contributed by atoms with Crippen LogP contribution in [0.15, 0.2) is 0 Å². The highest BCUT2D eigenvalue weighted by molar-refractivity contribution is 5.73. The lowest BCUT2D eigenvalue weighted by Crippen LogP contribution is -2.44. The van der Waals surface area contributed by atoms with Gasteiger partial charge in [0.1, 0.15) is 6.04 Å². The lowest BCUT2D eigenvalue weighted by atomic mass is 9.95. The highest BCUT2D eigenvalue weighted by Gasteiger charge is 2.29. The van der Waals surface area contributed by atoms with Gasteiger partial charge in [0.05, 0.1) is 0 Å². The molecule has 0 spiro atoms. The fraction of sp³-hybridized carbons (Fsp3) is 0.917. The van der Waals surface area contributed by atoms with E-state index in [0.29, 0.717) is 0 Å². The van der Waals surface area contributed by atoms with Crippen LogP contribution in [0.25, 0.3) is 0 Å². The summed E-state index contributed by atoms with van der Waals surface area (Å²) in [6.07, 6.45) is 4.17. The van der Waals surface area contributed by atoms with Gasteiger partial charge in [-0.05, 0) is 24.8 Å². The molecule has 0 saturated carbocycles. The van der Waals surface area contributed by atoms with E-state index in [1.807, 2.05) is 0 Å². The van der Waals surface area contributed by atoms with Crippen LogP contribution in [0.3, 0.4) is 0 Å². The topological polar surface area (TPSA) is 40.5 Å². The van der Waals surface area contributed by atoms with Gasteiger partial charge in [-0.3, -0.25) is 9.69 Å². The van der Waals surface area contributed by atoms with E-state index in [0.717, 1.165) is 32.4 Å². The van der Waals surface area contributed by atoms with Crippen molar-refractivity contribution in [2.75, 3.05) is 13.1 Å². The van der Waals surface area contributed by atoms with Crippen molar-refractivity contribution in [3.8, 4) is 0 Å². The van der Waals surface area contributed by atoms with Crippen LogP contribution in [0.1, 0.15) is 46.5 Å². The third-order valence-corrected chi connectivity index (χ3v) is 2.83. The van der Waals surface area contributed by atoms with E-state index in [1.54, 1.807) is 0 Å². The summed E-state index contributed by atoms with van der Waals surface area (Å²) in [5.74, 6) is -0.652. The molecule has 1 fully saturated rings. The maximum Gasteiger partial charge on any atom is 0.320 e. The van der Waals surface area contributed by atoms with Crippen molar-refractivity contribution >= 4 is 5.97 Å². The van der Waals surface area contributed by atoms with E-state index in [4.69, 9.17) is 0 Å². The standard InChI is InChI=1S/C12H23NO2/c1-12(2,3)9-13-8-6-4-5-7-10(13)11(14)15/h10H,4-9H2,1-3H3,(H,14,15). The summed E-state index contributed by atoms with van der Waals surface area (Å²) in [5.41, 5.74) is 0.179.